The summed E-state index contributed by atoms with van der Waals surface area (Å²) in [5.41, 5.74) is 7.31. The lowest BCUT2D eigenvalue weighted by molar-refractivity contribution is 0.240. The maximum Gasteiger partial charge on any atom is 0.254 e. The summed E-state index contributed by atoms with van der Waals surface area (Å²) < 4.78 is 7.57. The number of benzene rings is 1. The number of ether oxygens (including phenoxy) is 1. The SMILES string of the molecule is COc1ccc(-n2c(C)cc(CN3CCc4c(nc(-c5ccncc5)[nH]c4=O)C3)c2C)cc1. The van der Waals surface area contributed by atoms with Crippen LogP contribution in [0.1, 0.15) is 28.2 Å². The predicted octanol–water partition coefficient (Wildman–Crippen LogP) is 3.81. The van der Waals surface area contributed by atoms with E-state index in [1.54, 1.807) is 19.5 Å². The monoisotopic (exact) mass is 441 g/mol. The van der Waals surface area contributed by atoms with Crippen molar-refractivity contribution in [1.29, 1.82) is 0 Å². The Morgan fingerprint density at radius 3 is 2.58 bits per heavy atom. The van der Waals surface area contributed by atoms with Crippen molar-refractivity contribution in [3.8, 4) is 22.8 Å². The zero-order valence-corrected chi connectivity index (χ0v) is 19.1. The molecular weight excluding hydrogens is 414 g/mol. The fourth-order valence-corrected chi connectivity index (χ4v) is 4.63. The molecule has 168 valence electrons. The molecule has 1 aliphatic heterocycles. The minimum absolute atomic E-state index is 0.0378. The number of aromatic nitrogens is 4. The van der Waals surface area contributed by atoms with Gasteiger partial charge in [-0.2, -0.15) is 0 Å². The van der Waals surface area contributed by atoms with E-state index in [0.717, 1.165) is 41.3 Å². The first-order chi connectivity index (χ1) is 16.0. The zero-order valence-electron chi connectivity index (χ0n) is 19.1. The van der Waals surface area contributed by atoms with E-state index in [1.807, 2.05) is 24.3 Å². The Balaban J connectivity index is 1.40. The average Bonchev–Trinajstić information content (AvgIpc) is 3.12. The minimum atomic E-state index is -0.0378. The summed E-state index contributed by atoms with van der Waals surface area (Å²) in [6.07, 6.45) is 4.12. The molecule has 1 N–H and O–H groups in total. The number of fused-ring (bicyclic) bond motifs is 1. The van der Waals surface area contributed by atoms with Gasteiger partial charge in [0.1, 0.15) is 11.6 Å². The van der Waals surface area contributed by atoms with Crippen LogP contribution in [0.25, 0.3) is 17.1 Å². The van der Waals surface area contributed by atoms with Crippen molar-refractivity contribution in [2.75, 3.05) is 13.7 Å². The smallest absolute Gasteiger partial charge is 0.254 e. The van der Waals surface area contributed by atoms with Gasteiger partial charge in [-0.15, -0.1) is 0 Å². The van der Waals surface area contributed by atoms with Crippen LogP contribution in [0.4, 0.5) is 0 Å². The van der Waals surface area contributed by atoms with E-state index < -0.39 is 0 Å². The van der Waals surface area contributed by atoms with Gasteiger partial charge in [-0.3, -0.25) is 14.7 Å². The average molecular weight is 442 g/mol. The van der Waals surface area contributed by atoms with Gasteiger partial charge in [-0.1, -0.05) is 0 Å². The molecule has 0 fully saturated rings. The molecule has 0 saturated carbocycles. The number of pyridine rings is 1. The van der Waals surface area contributed by atoms with Gasteiger partial charge in [0, 0.05) is 60.2 Å². The molecule has 1 aromatic carbocycles. The summed E-state index contributed by atoms with van der Waals surface area (Å²) in [6, 6.07) is 14.1. The van der Waals surface area contributed by atoms with Gasteiger partial charge in [0.15, 0.2) is 0 Å². The molecule has 33 heavy (non-hydrogen) atoms. The van der Waals surface area contributed by atoms with Crippen LogP contribution in [0, 0.1) is 13.8 Å². The lowest BCUT2D eigenvalue weighted by Crippen LogP contribution is -2.35. The molecule has 0 aliphatic carbocycles. The van der Waals surface area contributed by atoms with Crippen LogP contribution in [0.3, 0.4) is 0 Å². The molecule has 0 amide bonds. The highest BCUT2D eigenvalue weighted by molar-refractivity contribution is 5.54. The van der Waals surface area contributed by atoms with E-state index in [4.69, 9.17) is 9.72 Å². The first kappa shape index (κ1) is 21.2. The molecule has 0 bridgehead atoms. The number of nitrogens with zero attached hydrogens (tertiary/aromatic N) is 4. The van der Waals surface area contributed by atoms with E-state index in [1.165, 1.54) is 17.0 Å². The number of aryl methyl sites for hydroxylation is 1. The quantitative estimate of drug-likeness (QED) is 0.510. The van der Waals surface area contributed by atoms with E-state index in [0.29, 0.717) is 18.8 Å². The molecule has 3 aromatic heterocycles. The molecule has 1 aliphatic rings. The zero-order chi connectivity index (χ0) is 22.9. The van der Waals surface area contributed by atoms with Crippen molar-refractivity contribution in [2.24, 2.45) is 0 Å². The van der Waals surface area contributed by atoms with Gasteiger partial charge in [0.05, 0.1) is 12.8 Å². The van der Waals surface area contributed by atoms with Gasteiger partial charge in [-0.25, -0.2) is 4.98 Å². The normalized spacial score (nSPS) is 13.7. The first-order valence-corrected chi connectivity index (χ1v) is 11.1. The molecule has 0 spiro atoms. The molecule has 4 aromatic rings. The lowest BCUT2D eigenvalue weighted by atomic mass is 10.1. The Bertz CT molecular complexity index is 1340. The van der Waals surface area contributed by atoms with Gasteiger partial charge in [0.25, 0.3) is 5.56 Å². The van der Waals surface area contributed by atoms with Crippen LogP contribution < -0.4 is 10.3 Å². The molecule has 0 unspecified atom stereocenters. The Labute approximate surface area is 192 Å². The number of hydrogen-bond donors (Lipinski definition) is 1. The van der Waals surface area contributed by atoms with Crippen molar-refractivity contribution in [1.82, 2.24) is 24.4 Å². The summed E-state index contributed by atoms with van der Waals surface area (Å²) in [5, 5.41) is 0. The molecule has 7 heteroatoms. The molecular formula is C26H27N5O2. The molecule has 0 saturated heterocycles. The number of nitrogens with one attached hydrogen (secondary N) is 1. The summed E-state index contributed by atoms with van der Waals surface area (Å²) in [4.78, 5) is 26.8. The Hall–Kier alpha value is -3.71. The highest BCUT2D eigenvalue weighted by Crippen LogP contribution is 2.25. The van der Waals surface area contributed by atoms with E-state index in [9.17, 15) is 4.79 Å². The van der Waals surface area contributed by atoms with Gasteiger partial charge < -0.3 is 14.3 Å². The maximum absolute atomic E-state index is 12.7. The van der Waals surface area contributed by atoms with Crippen molar-refractivity contribution in [2.45, 2.75) is 33.4 Å². The standard InChI is InChI=1S/C26H27N5O2/c1-17-14-20(18(2)31(17)21-4-6-22(33-3)7-5-21)15-30-13-10-23-24(16-30)28-25(29-26(23)32)19-8-11-27-12-9-19/h4-9,11-12,14H,10,13,15-16H2,1-3H3,(H,28,29,32). The Kier molecular flexibility index (Phi) is 5.56. The number of methoxy groups -OCH3 is 1. The lowest BCUT2D eigenvalue weighted by Gasteiger charge is -2.27. The maximum atomic E-state index is 12.7. The summed E-state index contributed by atoms with van der Waals surface area (Å²) in [6.45, 7) is 6.60. The highest BCUT2D eigenvalue weighted by atomic mass is 16.5. The van der Waals surface area contributed by atoms with Gasteiger partial charge in [-0.05, 0) is 68.3 Å². The molecule has 0 radical (unpaired) electrons. The minimum Gasteiger partial charge on any atom is -0.497 e. The van der Waals surface area contributed by atoms with Crippen molar-refractivity contribution in [3.05, 3.63) is 93.4 Å². The van der Waals surface area contributed by atoms with Gasteiger partial charge >= 0.3 is 0 Å². The highest BCUT2D eigenvalue weighted by Gasteiger charge is 2.23. The second-order valence-corrected chi connectivity index (χ2v) is 8.47. The number of hydrogen-bond acceptors (Lipinski definition) is 5. The summed E-state index contributed by atoms with van der Waals surface area (Å²) >= 11 is 0. The van der Waals surface area contributed by atoms with Crippen LogP contribution in [0.5, 0.6) is 5.75 Å². The van der Waals surface area contributed by atoms with E-state index in [2.05, 4.69) is 51.5 Å². The fraction of sp³-hybridized carbons (Fsp3) is 0.269. The summed E-state index contributed by atoms with van der Waals surface area (Å²) in [5.74, 6) is 1.45. The first-order valence-electron chi connectivity index (χ1n) is 11.1. The van der Waals surface area contributed by atoms with Crippen molar-refractivity contribution >= 4 is 0 Å². The predicted molar refractivity (Wildman–Crippen MR) is 128 cm³/mol. The second-order valence-electron chi connectivity index (χ2n) is 8.47. The molecule has 7 nitrogen and oxygen atoms in total. The van der Waals surface area contributed by atoms with Crippen molar-refractivity contribution < 1.29 is 4.74 Å². The van der Waals surface area contributed by atoms with Crippen LogP contribution in [-0.4, -0.2) is 38.1 Å². The third kappa shape index (κ3) is 4.07. The largest absolute Gasteiger partial charge is 0.497 e. The number of H-pyrrole nitrogens is 1. The topological polar surface area (TPSA) is 76.0 Å². The third-order valence-electron chi connectivity index (χ3n) is 6.37. The van der Waals surface area contributed by atoms with E-state index >= 15 is 0 Å². The van der Waals surface area contributed by atoms with Crippen LogP contribution in [0.15, 0.2) is 59.7 Å². The Morgan fingerprint density at radius 1 is 1.09 bits per heavy atom. The van der Waals surface area contributed by atoms with Crippen LogP contribution >= 0.6 is 0 Å². The number of rotatable bonds is 5. The summed E-state index contributed by atoms with van der Waals surface area (Å²) in [7, 11) is 1.68. The van der Waals surface area contributed by atoms with Crippen molar-refractivity contribution in [3.63, 3.8) is 0 Å². The number of aromatic amines is 1. The van der Waals surface area contributed by atoms with Crippen LogP contribution in [-0.2, 0) is 19.5 Å². The molecule has 0 atom stereocenters. The Morgan fingerprint density at radius 2 is 1.85 bits per heavy atom. The second kappa shape index (κ2) is 8.67. The van der Waals surface area contributed by atoms with E-state index in [-0.39, 0.29) is 5.56 Å². The fourth-order valence-electron chi connectivity index (χ4n) is 4.63. The molecule has 5 rings (SSSR count). The van der Waals surface area contributed by atoms with Gasteiger partial charge in [0.2, 0.25) is 0 Å². The molecule has 4 heterocycles. The van der Waals surface area contributed by atoms with Crippen LogP contribution in [0.2, 0.25) is 0 Å². The third-order valence-corrected chi connectivity index (χ3v) is 6.37.